The lowest BCUT2D eigenvalue weighted by molar-refractivity contribution is 0.0945. The summed E-state index contributed by atoms with van der Waals surface area (Å²) in [6.45, 7) is 1.99. The lowest BCUT2D eigenvalue weighted by Gasteiger charge is -2.11. The number of aromatic nitrogens is 1. The highest BCUT2D eigenvalue weighted by Crippen LogP contribution is 2.29. The van der Waals surface area contributed by atoms with Crippen LogP contribution in [0.1, 0.15) is 16.8 Å². The Kier molecular flexibility index (Phi) is 4.98. The van der Waals surface area contributed by atoms with Gasteiger partial charge < -0.3 is 14.5 Å². The van der Waals surface area contributed by atoms with Gasteiger partial charge in [-0.3, -0.25) is 4.79 Å². The van der Waals surface area contributed by atoms with E-state index in [0.29, 0.717) is 41.5 Å². The van der Waals surface area contributed by atoms with Crippen LogP contribution in [0.3, 0.4) is 0 Å². The molecule has 2 heterocycles. The number of rotatable bonds is 5. The second kappa shape index (κ2) is 7.72. The minimum atomic E-state index is -0.384. The minimum absolute atomic E-state index is 0.192. The largest absolute Gasteiger partial charge is 0.436 e. The highest BCUT2D eigenvalue weighted by molar-refractivity contribution is 6.00. The van der Waals surface area contributed by atoms with E-state index < -0.39 is 0 Å². The molecule has 1 unspecified atom stereocenters. The van der Waals surface area contributed by atoms with Gasteiger partial charge in [-0.25, -0.2) is 9.37 Å². The Balaban J connectivity index is 1.58. The van der Waals surface area contributed by atoms with Crippen LogP contribution in [0.2, 0.25) is 0 Å². The third-order valence-electron chi connectivity index (χ3n) is 4.62. The maximum Gasteiger partial charge on any atom is 0.252 e. The van der Waals surface area contributed by atoms with Crippen LogP contribution in [-0.4, -0.2) is 30.6 Å². The molecule has 1 saturated heterocycles. The molecule has 1 fully saturated rings. The molecule has 1 atom stereocenters. The molecule has 0 radical (unpaired) electrons. The molecule has 1 aliphatic heterocycles. The summed E-state index contributed by atoms with van der Waals surface area (Å²) in [5.41, 5.74) is 1.37. The van der Waals surface area contributed by atoms with E-state index in [1.54, 1.807) is 36.4 Å². The van der Waals surface area contributed by atoms with Crippen molar-refractivity contribution in [3.8, 4) is 22.8 Å². The molecule has 0 saturated carbocycles. The average Bonchev–Trinajstić information content (AvgIpc) is 3.38. The Morgan fingerprint density at radius 3 is 2.70 bits per heavy atom. The maximum atomic E-state index is 14.0. The van der Waals surface area contributed by atoms with Gasteiger partial charge in [-0.1, -0.05) is 24.3 Å². The number of carbonyl (C=O) groups is 1. The van der Waals surface area contributed by atoms with E-state index in [4.69, 9.17) is 9.15 Å². The van der Waals surface area contributed by atoms with Crippen molar-refractivity contribution in [3.05, 3.63) is 66.1 Å². The van der Waals surface area contributed by atoms with Gasteiger partial charge in [0.2, 0.25) is 5.89 Å². The van der Waals surface area contributed by atoms with Crippen molar-refractivity contribution in [3.63, 3.8) is 0 Å². The van der Waals surface area contributed by atoms with E-state index in [0.717, 1.165) is 13.0 Å². The third-order valence-corrected chi connectivity index (χ3v) is 4.62. The summed E-state index contributed by atoms with van der Waals surface area (Å²) in [7, 11) is 0. The number of hydrogen-bond donors (Lipinski definition) is 1. The van der Waals surface area contributed by atoms with E-state index in [-0.39, 0.29) is 17.6 Å². The summed E-state index contributed by atoms with van der Waals surface area (Å²) in [6.07, 6.45) is 2.42. The molecule has 1 N–H and O–H groups in total. The predicted molar refractivity (Wildman–Crippen MR) is 98.6 cm³/mol. The van der Waals surface area contributed by atoms with Crippen LogP contribution in [0.15, 0.2) is 59.1 Å². The van der Waals surface area contributed by atoms with Crippen LogP contribution in [0.25, 0.3) is 22.8 Å². The summed E-state index contributed by atoms with van der Waals surface area (Å²) in [5, 5.41) is 2.95. The monoisotopic (exact) mass is 366 g/mol. The number of halogens is 1. The van der Waals surface area contributed by atoms with Gasteiger partial charge in [0.15, 0.2) is 5.76 Å². The molecule has 6 heteroatoms. The summed E-state index contributed by atoms with van der Waals surface area (Å²) in [6, 6.07) is 13.4. The van der Waals surface area contributed by atoms with Crippen molar-refractivity contribution >= 4 is 5.91 Å². The van der Waals surface area contributed by atoms with Crippen molar-refractivity contribution in [2.75, 3.05) is 19.8 Å². The van der Waals surface area contributed by atoms with E-state index >= 15 is 0 Å². The lowest BCUT2D eigenvalue weighted by Crippen LogP contribution is -2.29. The first-order valence-corrected chi connectivity index (χ1v) is 8.88. The molecule has 1 aliphatic rings. The molecule has 3 aromatic rings. The molecular weight excluding hydrogens is 347 g/mol. The fourth-order valence-corrected chi connectivity index (χ4v) is 3.13. The second-order valence-electron chi connectivity index (χ2n) is 6.49. The zero-order valence-electron chi connectivity index (χ0n) is 14.7. The normalized spacial score (nSPS) is 16.4. The SMILES string of the molecule is O=C(NCC1CCOC1)c1ccccc1-c1ncc(-c2ccccc2F)o1. The Morgan fingerprint density at radius 2 is 1.93 bits per heavy atom. The fraction of sp³-hybridized carbons (Fsp3) is 0.238. The number of benzene rings is 2. The molecule has 0 bridgehead atoms. The Bertz CT molecular complexity index is 948. The van der Waals surface area contributed by atoms with Crippen LogP contribution in [0.5, 0.6) is 0 Å². The number of nitrogens with zero attached hydrogens (tertiary/aromatic N) is 1. The highest BCUT2D eigenvalue weighted by atomic mass is 19.1. The van der Waals surface area contributed by atoms with E-state index in [1.165, 1.54) is 12.3 Å². The molecule has 1 aromatic heterocycles. The van der Waals surface area contributed by atoms with Crippen molar-refractivity contribution < 1.29 is 18.3 Å². The van der Waals surface area contributed by atoms with Crippen LogP contribution in [0, 0.1) is 11.7 Å². The molecule has 2 aromatic carbocycles. The van der Waals surface area contributed by atoms with Crippen molar-refractivity contribution in [2.24, 2.45) is 5.92 Å². The van der Waals surface area contributed by atoms with Crippen LogP contribution in [-0.2, 0) is 4.74 Å². The smallest absolute Gasteiger partial charge is 0.252 e. The van der Waals surface area contributed by atoms with E-state index in [9.17, 15) is 9.18 Å². The number of carbonyl (C=O) groups excluding carboxylic acids is 1. The minimum Gasteiger partial charge on any atom is -0.436 e. The molecule has 5 nitrogen and oxygen atoms in total. The third kappa shape index (κ3) is 3.75. The van der Waals surface area contributed by atoms with Gasteiger partial charge in [-0.2, -0.15) is 0 Å². The molecule has 0 aliphatic carbocycles. The molecule has 4 rings (SSSR count). The molecule has 0 spiro atoms. The van der Waals surface area contributed by atoms with Gasteiger partial charge in [-0.15, -0.1) is 0 Å². The molecule has 1 amide bonds. The summed E-state index contributed by atoms with van der Waals surface area (Å²) < 4.78 is 25.1. The Morgan fingerprint density at radius 1 is 1.15 bits per heavy atom. The van der Waals surface area contributed by atoms with Gasteiger partial charge in [0.1, 0.15) is 5.82 Å². The van der Waals surface area contributed by atoms with Crippen molar-refractivity contribution in [1.82, 2.24) is 10.3 Å². The number of ether oxygens (including phenoxy) is 1. The van der Waals surface area contributed by atoms with Crippen LogP contribution < -0.4 is 5.32 Å². The zero-order chi connectivity index (χ0) is 18.6. The van der Waals surface area contributed by atoms with Crippen LogP contribution in [0.4, 0.5) is 4.39 Å². The quantitative estimate of drug-likeness (QED) is 0.743. The lowest BCUT2D eigenvalue weighted by atomic mass is 10.1. The number of amides is 1. The van der Waals surface area contributed by atoms with Gasteiger partial charge in [0.25, 0.3) is 5.91 Å². The predicted octanol–water partition coefficient (Wildman–Crippen LogP) is 3.91. The summed E-state index contributed by atoms with van der Waals surface area (Å²) >= 11 is 0. The molecule has 27 heavy (non-hydrogen) atoms. The average molecular weight is 366 g/mol. The highest BCUT2D eigenvalue weighted by Gasteiger charge is 2.20. The van der Waals surface area contributed by atoms with E-state index in [2.05, 4.69) is 10.3 Å². The van der Waals surface area contributed by atoms with Gasteiger partial charge in [0, 0.05) is 24.6 Å². The first-order chi connectivity index (χ1) is 13.2. The van der Waals surface area contributed by atoms with E-state index in [1.807, 2.05) is 6.07 Å². The van der Waals surface area contributed by atoms with Crippen molar-refractivity contribution in [1.29, 1.82) is 0 Å². The van der Waals surface area contributed by atoms with Gasteiger partial charge in [0.05, 0.1) is 23.9 Å². The number of oxazole rings is 1. The first kappa shape index (κ1) is 17.4. The maximum absolute atomic E-state index is 14.0. The topological polar surface area (TPSA) is 64.4 Å². The second-order valence-corrected chi connectivity index (χ2v) is 6.49. The van der Waals surface area contributed by atoms with Crippen LogP contribution >= 0.6 is 0 Å². The van der Waals surface area contributed by atoms with Gasteiger partial charge in [-0.05, 0) is 30.7 Å². The summed E-state index contributed by atoms with van der Waals surface area (Å²) in [4.78, 5) is 16.9. The number of nitrogens with one attached hydrogen (secondary N) is 1. The standard InChI is InChI=1S/C21H19FN2O3/c22-18-8-4-3-7-17(18)19-12-24-21(27-19)16-6-2-1-5-15(16)20(25)23-11-14-9-10-26-13-14/h1-8,12,14H,9-11,13H2,(H,23,25). The van der Waals surface area contributed by atoms with Crippen molar-refractivity contribution in [2.45, 2.75) is 6.42 Å². The van der Waals surface area contributed by atoms with Gasteiger partial charge >= 0.3 is 0 Å². The molecular formula is C21H19FN2O3. The first-order valence-electron chi connectivity index (χ1n) is 8.88. The number of hydrogen-bond acceptors (Lipinski definition) is 4. The fourth-order valence-electron chi connectivity index (χ4n) is 3.13. The molecule has 138 valence electrons. The zero-order valence-corrected chi connectivity index (χ0v) is 14.7. The Hall–Kier alpha value is -2.99. The summed E-state index contributed by atoms with van der Waals surface area (Å²) in [5.74, 6) is 0.369. The Labute approximate surface area is 156 Å².